The highest BCUT2D eigenvalue weighted by atomic mass is 32.1. The van der Waals surface area contributed by atoms with Crippen LogP contribution in [0.5, 0.6) is 0 Å². The van der Waals surface area contributed by atoms with E-state index < -0.39 is 0 Å². The monoisotopic (exact) mass is 211 g/mol. The molecule has 0 aliphatic carbocycles. The van der Waals surface area contributed by atoms with E-state index in [4.69, 9.17) is 4.74 Å². The Bertz CT molecular complexity index is 307. The summed E-state index contributed by atoms with van der Waals surface area (Å²) in [6.45, 7) is 7.49. The van der Waals surface area contributed by atoms with E-state index in [1.165, 1.54) is 12.1 Å². The molecule has 0 bridgehead atoms. The molecule has 3 heteroatoms. The zero-order chi connectivity index (χ0) is 10.2. The van der Waals surface area contributed by atoms with Crippen molar-refractivity contribution in [3.8, 4) is 0 Å². The molecule has 78 valence electrons. The number of aromatic nitrogens is 1. The summed E-state index contributed by atoms with van der Waals surface area (Å²) in [6.07, 6.45) is 2.59. The van der Waals surface area contributed by atoms with Gasteiger partial charge in [-0.3, -0.25) is 0 Å². The summed E-state index contributed by atoms with van der Waals surface area (Å²) in [4.78, 5) is 4.66. The zero-order valence-electron chi connectivity index (χ0n) is 9.04. The standard InChI is InChI=1S/C11H17NOS/c1-11(2,3)9-7-14-10(12-9)8-5-4-6-13-8/h7-8H,4-6H2,1-3H3. The topological polar surface area (TPSA) is 22.1 Å². The highest BCUT2D eigenvalue weighted by Gasteiger charge is 2.24. The van der Waals surface area contributed by atoms with Gasteiger partial charge in [0.05, 0.1) is 5.69 Å². The molecular formula is C11H17NOS. The molecule has 1 aliphatic heterocycles. The van der Waals surface area contributed by atoms with Crippen LogP contribution in [0.25, 0.3) is 0 Å². The minimum Gasteiger partial charge on any atom is -0.371 e. The Hall–Kier alpha value is -0.410. The molecule has 1 aliphatic rings. The van der Waals surface area contributed by atoms with Crippen LogP contribution in [0.4, 0.5) is 0 Å². The Labute approximate surface area is 89.3 Å². The fraction of sp³-hybridized carbons (Fsp3) is 0.727. The van der Waals surface area contributed by atoms with Crippen LogP contribution < -0.4 is 0 Å². The van der Waals surface area contributed by atoms with Crippen LogP contribution in [-0.4, -0.2) is 11.6 Å². The van der Waals surface area contributed by atoms with Crippen LogP contribution in [0.15, 0.2) is 5.38 Å². The van der Waals surface area contributed by atoms with Crippen molar-refractivity contribution >= 4 is 11.3 Å². The van der Waals surface area contributed by atoms with Crippen LogP contribution in [0.1, 0.15) is 50.4 Å². The molecule has 2 heterocycles. The molecule has 0 spiro atoms. The summed E-state index contributed by atoms with van der Waals surface area (Å²) >= 11 is 1.74. The zero-order valence-corrected chi connectivity index (χ0v) is 9.86. The maximum absolute atomic E-state index is 5.61. The molecule has 14 heavy (non-hydrogen) atoms. The fourth-order valence-electron chi connectivity index (χ4n) is 1.55. The molecular weight excluding hydrogens is 194 g/mol. The lowest BCUT2D eigenvalue weighted by Crippen LogP contribution is -2.11. The Morgan fingerprint density at radius 2 is 2.29 bits per heavy atom. The second-order valence-electron chi connectivity index (χ2n) is 4.82. The van der Waals surface area contributed by atoms with E-state index in [2.05, 4.69) is 31.1 Å². The maximum atomic E-state index is 5.61. The first-order chi connectivity index (χ1) is 6.57. The molecule has 1 aromatic heterocycles. The Balaban J connectivity index is 2.17. The lowest BCUT2D eigenvalue weighted by molar-refractivity contribution is 0.111. The van der Waals surface area contributed by atoms with Crippen LogP contribution in [-0.2, 0) is 10.2 Å². The molecule has 0 amide bonds. The van der Waals surface area contributed by atoms with Gasteiger partial charge in [-0.25, -0.2) is 4.98 Å². The van der Waals surface area contributed by atoms with Gasteiger partial charge in [-0.15, -0.1) is 11.3 Å². The lowest BCUT2D eigenvalue weighted by Gasteiger charge is -2.14. The van der Waals surface area contributed by atoms with Crippen LogP contribution in [0.2, 0.25) is 0 Å². The second-order valence-corrected chi connectivity index (χ2v) is 5.71. The third kappa shape index (κ3) is 1.98. The van der Waals surface area contributed by atoms with Crippen LogP contribution >= 0.6 is 11.3 Å². The number of ether oxygens (including phenoxy) is 1. The van der Waals surface area contributed by atoms with Crippen molar-refractivity contribution in [3.63, 3.8) is 0 Å². The minimum absolute atomic E-state index is 0.160. The first-order valence-corrected chi connectivity index (χ1v) is 6.03. The third-order valence-electron chi connectivity index (χ3n) is 2.50. The van der Waals surface area contributed by atoms with E-state index in [-0.39, 0.29) is 11.5 Å². The van der Waals surface area contributed by atoms with Gasteiger partial charge in [0.15, 0.2) is 0 Å². The van der Waals surface area contributed by atoms with Crippen molar-refractivity contribution in [1.29, 1.82) is 0 Å². The molecule has 1 aromatic rings. The molecule has 0 aromatic carbocycles. The van der Waals surface area contributed by atoms with E-state index in [1.54, 1.807) is 11.3 Å². The molecule has 0 radical (unpaired) electrons. The smallest absolute Gasteiger partial charge is 0.122 e. The number of hydrogen-bond acceptors (Lipinski definition) is 3. The molecule has 1 unspecified atom stereocenters. The van der Waals surface area contributed by atoms with Crippen molar-refractivity contribution < 1.29 is 4.74 Å². The van der Waals surface area contributed by atoms with Gasteiger partial charge in [-0.05, 0) is 12.8 Å². The average molecular weight is 211 g/mol. The normalized spacial score (nSPS) is 22.9. The van der Waals surface area contributed by atoms with Crippen molar-refractivity contribution in [1.82, 2.24) is 4.98 Å². The summed E-state index contributed by atoms with van der Waals surface area (Å²) in [7, 11) is 0. The number of rotatable bonds is 1. The summed E-state index contributed by atoms with van der Waals surface area (Å²) in [5, 5.41) is 3.32. The highest BCUT2D eigenvalue weighted by Crippen LogP contribution is 2.33. The highest BCUT2D eigenvalue weighted by molar-refractivity contribution is 7.09. The van der Waals surface area contributed by atoms with Gasteiger partial charge >= 0.3 is 0 Å². The van der Waals surface area contributed by atoms with E-state index in [1.807, 2.05) is 0 Å². The lowest BCUT2D eigenvalue weighted by atomic mass is 9.93. The maximum Gasteiger partial charge on any atom is 0.122 e. The first-order valence-electron chi connectivity index (χ1n) is 5.15. The van der Waals surface area contributed by atoms with Crippen LogP contribution in [0.3, 0.4) is 0 Å². The summed E-state index contributed by atoms with van der Waals surface area (Å²) < 4.78 is 5.61. The summed E-state index contributed by atoms with van der Waals surface area (Å²) in [5.41, 5.74) is 1.35. The number of nitrogens with zero attached hydrogens (tertiary/aromatic N) is 1. The van der Waals surface area contributed by atoms with Crippen molar-refractivity contribution in [2.75, 3.05) is 6.61 Å². The SMILES string of the molecule is CC(C)(C)c1csc(C2CCCO2)n1. The fourth-order valence-corrected chi connectivity index (χ4v) is 2.68. The molecule has 1 fully saturated rings. The largest absolute Gasteiger partial charge is 0.371 e. The molecule has 2 nitrogen and oxygen atoms in total. The third-order valence-corrected chi connectivity index (χ3v) is 3.43. The second kappa shape index (κ2) is 3.63. The molecule has 1 atom stereocenters. The van der Waals surface area contributed by atoms with Gasteiger partial charge in [-0.2, -0.15) is 0 Å². The van der Waals surface area contributed by atoms with Crippen molar-refractivity contribution in [2.24, 2.45) is 0 Å². The van der Waals surface area contributed by atoms with Gasteiger partial charge in [0, 0.05) is 17.4 Å². The quantitative estimate of drug-likeness (QED) is 0.711. The van der Waals surface area contributed by atoms with Gasteiger partial charge in [-0.1, -0.05) is 20.8 Å². The molecule has 0 N–H and O–H groups in total. The van der Waals surface area contributed by atoms with Gasteiger partial charge in [0.25, 0.3) is 0 Å². The van der Waals surface area contributed by atoms with Crippen LogP contribution in [0, 0.1) is 0 Å². The number of thiazole rings is 1. The minimum atomic E-state index is 0.160. The van der Waals surface area contributed by atoms with Gasteiger partial charge < -0.3 is 4.74 Å². The van der Waals surface area contributed by atoms with E-state index >= 15 is 0 Å². The molecule has 0 saturated carbocycles. The summed E-state index contributed by atoms with van der Waals surface area (Å²) in [6, 6.07) is 0. The van der Waals surface area contributed by atoms with E-state index in [0.29, 0.717) is 0 Å². The summed E-state index contributed by atoms with van der Waals surface area (Å²) in [5.74, 6) is 0. The van der Waals surface area contributed by atoms with Crippen molar-refractivity contribution in [3.05, 3.63) is 16.1 Å². The van der Waals surface area contributed by atoms with Gasteiger partial charge in [0.2, 0.25) is 0 Å². The molecule has 2 rings (SSSR count). The Kier molecular flexibility index (Phi) is 2.62. The Morgan fingerprint density at radius 1 is 1.50 bits per heavy atom. The average Bonchev–Trinajstić information content (AvgIpc) is 2.73. The van der Waals surface area contributed by atoms with Crippen molar-refractivity contribution in [2.45, 2.75) is 45.1 Å². The first kappa shape index (κ1) is 10.1. The van der Waals surface area contributed by atoms with E-state index in [0.717, 1.165) is 18.0 Å². The number of hydrogen-bond donors (Lipinski definition) is 0. The van der Waals surface area contributed by atoms with Gasteiger partial charge in [0.1, 0.15) is 11.1 Å². The Morgan fingerprint density at radius 3 is 2.79 bits per heavy atom. The van der Waals surface area contributed by atoms with E-state index in [9.17, 15) is 0 Å². The predicted molar refractivity (Wildman–Crippen MR) is 58.7 cm³/mol. The predicted octanol–water partition coefficient (Wildman–Crippen LogP) is 3.29. The molecule has 1 saturated heterocycles.